The monoisotopic (exact) mass is 299 g/mol. The van der Waals surface area contributed by atoms with Gasteiger partial charge in [-0.25, -0.2) is 0 Å². The van der Waals surface area contributed by atoms with Crippen molar-refractivity contribution in [2.24, 2.45) is 0 Å². The highest BCUT2D eigenvalue weighted by atomic mass is 32.2. The van der Waals surface area contributed by atoms with Crippen LogP contribution in [0.3, 0.4) is 0 Å². The molecule has 5 heteroatoms. The van der Waals surface area contributed by atoms with Gasteiger partial charge in [0.2, 0.25) is 0 Å². The van der Waals surface area contributed by atoms with E-state index in [1.807, 2.05) is 42.5 Å². The number of thioether (sulfide) groups is 1. The summed E-state index contributed by atoms with van der Waals surface area (Å²) in [6.45, 7) is 0.484. The molecule has 3 rings (SSSR count). The fourth-order valence-corrected chi connectivity index (χ4v) is 3.44. The first-order valence-electron chi connectivity index (χ1n) is 6.81. The number of benzene rings is 2. The van der Waals surface area contributed by atoms with E-state index in [-0.39, 0.29) is 11.3 Å². The van der Waals surface area contributed by atoms with Crippen molar-refractivity contribution in [1.82, 2.24) is 5.32 Å². The van der Waals surface area contributed by atoms with Gasteiger partial charge in [0.1, 0.15) is 0 Å². The highest BCUT2D eigenvalue weighted by Crippen LogP contribution is 2.42. The molecular formula is C16H15N2O2S+. The molecule has 2 aromatic carbocycles. The van der Waals surface area contributed by atoms with Crippen molar-refractivity contribution in [3.8, 4) is 0 Å². The van der Waals surface area contributed by atoms with Gasteiger partial charge in [0.25, 0.3) is 17.0 Å². The van der Waals surface area contributed by atoms with Gasteiger partial charge in [-0.2, -0.15) is 0 Å². The molecule has 2 aromatic rings. The van der Waals surface area contributed by atoms with Crippen LogP contribution in [0.15, 0.2) is 59.5 Å². The first-order valence-corrected chi connectivity index (χ1v) is 7.69. The lowest BCUT2D eigenvalue weighted by Gasteiger charge is -2.05. The number of nitroso groups, excluding NO2 is 1. The third-order valence-electron chi connectivity index (χ3n) is 3.34. The fraction of sp³-hybridized carbons (Fsp3) is 0.188. The summed E-state index contributed by atoms with van der Waals surface area (Å²) in [5, 5.41) is 2.69. The predicted octanol–water partition coefficient (Wildman–Crippen LogP) is 3.35. The van der Waals surface area contributed by atoms with Crippen LogP contribution >= 0.6 is 11.8 Å². The molecule has 1 aliphatic heterocycles. The maximum absolute atomic E-state index is 12.1. The Morgan fingerprint density at radius 1 is 1.10 bits per heavy atom. The van der Waals surface area contributed by atoms with E-state index in [1.54, 1.807) is 23.9 Å². The van der Waals surface area contributed by atoms with E-state index < -0.39 is 0 Å². The van der Waals surface area contributed by atoms with Crippen molar-refractivity contribution in [1.29, 1.82) is 0 Å². The van der Waals surface area contributed by atoms with Crippen LogP contribution in [0, 0.1) is 4.91 Å². The van der Waals surface area contributed by atoms with Crippen LogP contribution in [0.25, 0.3) is 0 Å². The summed E-state index contributed by atoms with van der Waals surface area (Å²) in [5.74, 6) is -0.103. The number of amides is 1. The van der Waals surface area contributed by atoms with Gasteiger partial charge in [0.05, 0.1) is 9.66 Å². The van der Waals surface area contributed by atoms with Gasteiger partial charge in [-0.1, -0.05) is 30.3 Å². The second-order valence-corrected chi connectivity index (χ2v) is 6.00. The zero-order valence-corrected chi connectivity index (χ0v) is 12.2. The number of nitrogens with zero attached hydrogens (tertiary/aromatic N) is 1. The Kier molecular flexibility index (Phi) is 4.01. The molecule has 1 N–H and O–H groups in total. The molecule has 0 fully saturated rings. The number of carbonyl (C=O) groups is 1. The number of carbonyl (C=O) groups excluding carboxylic acids is 1. The standard InChI is InChI=1S/C16H14N2O2S/c19-16(12-6-2-1-3-7-12)17-11-10-15-18(20)13-8-4-5-9-14(13)21-15/h1-9,15H,10-11H2/p+1. The van der Waals surface area contributed by atoms with Gasteiger partial charge in [-0.3, -0.25) is 4.79 Å². The molecule has 0 saturated carbocycles. The minimum atomic E-state index is -0.168. The molecule has 1 atom stereocenters. The van der Waals surface area contributed by atoms with Crippen LogP contribution in [0.5, 0.6) is 0 Å². The summed E-state index contributed by atoms with van der Waals surface area (Å²) < 4.78 is 1.04. The topological polar surface area (TPSA) is 49.2 Å². The summed E-state index contributed by atoms with van der Waals surface area (Å²) in [6, 6.07) is 16.7. The molecule has 106 valence electrons. The summed E-state index contributed by atoms with van der Waals surface area (Å²) in [5.41, 5.74) is 1.36. The van der Waals surface area contributed by atoms with Crippen LogP contribution in [0.1, 0.15) is 16.8 Å². The molecule has 0 aromatic heterocycles. The Balaban J connectivity index is 1.54. The Morgan fingerprint density at radius 2 is 1.81 bits per heavy atom. The Hall–Kier alpha value is -2.14. The molecule has 1 unspecified atom stereocenters. The molecular weight excluding hydrogens is 284 g/mol. The second-order valence-electron chi connectivity index (χ2n) is 4.78. The van der Waals surface area contributed by atoms with E-state index in [0.717, 1.165) is 15.3 Å². The molecule has 4 nitrogen and oxygen atoms in total. The second kappa shape index (κ2) is 6.10. The van der Waals surface area contributed by atoms with E-state index in [4.69, 9.17) is 0 Å². The minimum absolute atomic E-state index is 0.103. The normalized spacial score (nSPS) is 16.6. The minimum Gasteiger partial charge on any atom is -0.352 e. The average molecular weight is 299 g/mol. The number of hydrogen-bond donors (Lipinski definition) is 1. The number of fused-ring (bicyclic) bond motifs is 1. The number of rotatable bonds is 4. The molecule has 0 spiro atoms. The number of hydrogen-bond acceptors (Lipinski definition) is 3. The van der Waals surface area contributed by atoms with Crippen molar-refractivity contribution in [3.63, 3.8) is 0 Å². The molecule has 0 aliphatic carbocycles. The van der Waals surface area contributed by atoms with Crippen LogP contribution in [0.2, 0.25) is 0 Å². The van der Waals surface area contributed by atoms with E-state index in [0.29, 0.717) is 18.5 Å². The summed E-state index contributed by atoms with van der Waals surface area (Å²) >= 11 is 1.55. The van der Waals surface area contributed by atoms with Crippen molar-refractivity contribution < 1.29 is 9.55 Å². The van der Waals surface area contributed by atoms with Crippen LogP contribution in [-0.4, -0.2) is 22.6 Å². The fourth-order valence-electron chi connectivity index (χ4n) is 2.27. The lowest BCUT2D eigenvalue weighted by atomic mass is 10.2. The third-order valence-corrected chi connectivity index (χ3v) is 4.64. The van der Waals surface area contributed by atoms with Crippen molar-refractivity contribution in [2.75, 3.05) is 6.54 Å². The largest absolute Gasteiger partial charge is 0.352 e. The van der Waals surface area contributed by atoms with E-state index in [9.17, 15) is 9.70 Å². The Labute approximate surface area is 127 Å². The van der Waals surface area contributed by atoms with E-state index in [2.05, 4.69) is 5.32 Å². The smallest absolute Gasteiger partial charge is 0.271 e. The number of para-hydroxylation sites is 1. The molecule has 0 bridgehead atoms. The lowest BCUT2D eigenvalue weighted by Crippen LogP contribution is -2.27. The number of nitrogens with one attached hydrogen (secondary N) is 1. The quantitative estimate of drug-likeness (QED) is 0.881. The first-order chi connectivity index (χ1) is 10.3. The van der Waals surface area contributed by atoms with Gasteiger partial charge < -0.3 is 5.32 Å². The highest BCUT2D eigenvalue weighted by molar-refractivity contribution is 8.00. The molecule has 1 heterocycles. The molecule has 0 radical (unpaired) electrons. The van der Waals surface area contributed by atoms with Crippen LogP contribution in [0.4, 0.5) is 5.69 Å². The maximum Gasteiger partial charge on any atom is 0.271 e. The zero-order valence-electron chi connectivity index (χ0n) is 11.4. The van der Waals surface area contributed by atoms with Crippen LogP contribution < -0.4 is 5.32 Å². The van der Waals surface area contributed by atoms with Crippen LogP contribution in [-0.2, 0) is 0 Å². The maximum atomic E-state index is 12.1. The van der Waals surface area contributed by atoms with E-state index in [1.165, 1.54) is 0 Å². The Morgan fingerprint density at radius 3 is 2.57 bits per heavy atom. The van der Waals surface area contributed by atoms with Crippen molar-refractivity contribution in [3.05, 3.63) is 65.1 Å². The highest BCUT2D eigenvalue weighted by Gasteiger charge is 2.38. The average Bonchev–Trinajstić information content (AvgIpc) is 2.85. The third kappa shape index (κ3) is 2.97. The predicted molar refractivity (Wildman–Crippen MR) is 82.8 cm³/mol. The van der Waals surface area contributed by atoms with Gasteiger partial charge in [0, 0.05) is 29.5 Å². The zero-order chi connectivity index (χ0) is 14.7. The molecule has 0 saturated heterocycles. The van der Waals surface area contributed by atoms with Gasteiger partial charge in [-0.05, 0) is 30.0 Å². The summed E-state index contributed by atoms with van der Waals surface area (Å²) in [7, 11) is 0. The summed E-state index contributed by atoms with van der Waals surface area (Å²) in [4.78, 5) is 25.0. The lowest BCUT2D eigenvalue weighted by molar-refractivity contribution is -0.476. The van der Waals surface area contributed by atoms with Crippen molar-refractivity contribution in [2.45, 2.75) is 16.7 Å². The Bertz CT molecular complexity index is 673. The SMILES string of the molecule is O=C(NCCC1Sc2ccccc2[N+]1=O)c1ccccc1. The first kappa shape index (κ1) is 13.8. The molecule has 21 heavy (non-hydrogen) atoms. The van der Waals surface area contributed by atoms with Crippen molar-refractivity contribution >= 4 is 23.4 Å². The van der Waals surface area contributed by atoms with Gasteiger partial charge >= 0.3 is 0 Å². The van der Waals surface area contributed by atoms with Gasteiger partial charge in [0.15, 0.2) is 0 Å². The molecule has 1 amide bonds. The summed E-state index contributed by atoms with van der Waals surface area (Å²) in [6.07, 6.45) is 0.613. The van der Waals surface area contributed by atoms with Gasteiger partial charge in [-0.15, -0.1) is 0 Å². The molecule has 1 aliphatic rings. The van der Waals surface area contributed by atoms with E-state index >= 15 is 0 Å².